The number of rotatable bonds is 2. The number of nitrogens with zero attached hydrogens (tertiary/aromatic N) is 3. The lowest BCUT2D eigenvalue weighted by atomic mass is 9.97. The van der Waals surface area contributed by atoms with Crippen molar-refractivity contribution in [1.29, 1.82) is 0 Å². The van der Waals surface area contributed by atoms with E-state index in [-0.39, 0.29) is 24.2 Å². The topological polar surface area (TPSA) is 75.0 Å². The van der Waals surface area contributed by atoms with Crippen molar-refractivity contribution in [2.75, 3.05) is 13.1 Å². The van der Waals surface area contributed by atoms with Crippen LogP contribution in [-0.4, -0.2) is 39.0 Å². The third-order valence-corrected chi connectivity index (χ3v) is 4.77. The number of hydrogen-bond acceptors (Lipinski definition) is 4. The van der Waals surface area contributed by atoms with Crippen LogP contribution in [0.3, 0.4) is 0 Å². The summed E-state index contributed by atoms with van der Waals surface area (Å²) in [6, 6.07) is 7.66. The van der Waals surface area contributed by atoms with Crippen LogP contribution in [0.4, 0.5) is 13.2 Å². The number of halogens is 3. The van der Waals surface area contributed by atoms with Crippen molar-refractivity contribution in [1.82, 2.24) is 20.0 Å². The van der Waals surface area contributed by atoms with Gasteiger partial charge in [-0.15, -0.1) is 0 Å². The highest BCUT2D eigenvalue weighted by Crippen LogP contribution is 2.31. The lowest BCUT2D eigenvalue weighted by Crippen LogP contribution is -2.39. The first-order valence-corrected chi connectivity index (χ1v) is 8.61. The maximum absolute atomic E-state index is 12.8. The standard InChI is InChI=1S/C18H17F3N4O2/c1-10-4-5-11-8-14(22-13(11)7-10)16(26)25-6-2-3-12(9-25)15-23-17(27-24-15)18(19,20)21/h4-5,7-8,12,22H,2-3,6,9H2,1H3. The number of carbonyl (C=O) groups excluding carboxylic acids is 1. The maximum atomic E-state index is 12.8. The van der Waals surface area contributed by atoms with E-state index in [2.05, 4.69) is 19.6 Å². The Morgan fingerprint density at radius 3 is 2.89 bits per heavy atom. The highest BCUT2D eigenvalue weighted by atomic mass is 19.4. The largest absolute Gasteiger partial charge is 0.471 e. The minimum Gasteiger partial charge on any atom is -0.351 e. The smallest absolute Gasteiger partial charge is 0.351 e. The summed E-state index contributed by atoms with van der Waals surface area (Å²) in [4.78, 5) is 21.1. The zero-order valence-electron chi connectivity index (χ0n) is 14.5. The SMILES string of the molecule is Cc1ccc2cc(C(=O)N3CCCC(c4noc(C(F)(F)F)n4)C3)[nH]c2c1. The molecule has 0 aliphatic carbocycles. The Morgan fingerprint density at radius 2 is 2.15 bits per heavy atom. The zero-order chi connectivity index (χ0) is 19.2. The van der Waals surface area contributed by atoms with E-state index in [1.807, 2.05) is 25.1 Å². The van der Waals surface area contributed by atoms with Gasteiger partial charge in [-0.2, -0.15) is 18.2 Å². The number of H-pyrrole nitrogens is 1. The molecule has 0 saturated carbocycles. The number of hydrogen-bond donors (Lipinski definition) is 1. The summed E-state index contributed by atoms with van der Waals surface area (Å²) in [5.41, 5.74) is 2.42. The van der Waals surface area contributed by atoms with E-state index in [0.29, 0.717) is 25.1 Å². The zero-order valence-corrected chi connectivity index (χ0v) is 14.5. The first kappa shape index (κ1) is 17.6. The van der Waals surface area contributed by atoms with Crippen LogP contribution in [0.5, 0.6) is 0 Å². The normalized spacial score (nSPS) is 18.2. The van der Waals surface area contributed by atoms with Crippen molar-refractivity contribution >= 4 is 16.8 Å². The molecule has 0 spiro atoms. The molecule has 4 rings (SSSR count). The van der Waals surface area contributed by atoms with Crippen LogP contribution in [-0.2, 0) is 6.18 Å². The second-order valence-electron chi connectivity index (χ2n) is 6.82. The molecular weight excluding hydrogens is 361 g/mol. The van der Waals surface area contributed by atoms with Crippen molar-refractivity contribution < 1.29 is 22.5 Å². The number of piperidine rings is 1. The molecule has 27 heavy (non-hydrogen) atoms. The van der Waals surface area contributed by atoms with Gasteiger partial charge in [-0.25, -0.2) is 0 Å². The number of fused-ring (bicyclic) bond motifs is 1. The highest BCUT2D eigenvalue weighted by molar-refractivity contribution is 5.98. The Morgan fingerprint density at radius 1 is 1.33 bits per heavy atom. The molecule has 1 N–H and O–H groups in total. The van der Waals surface area contributed by atoms with E-state index in [9.17, 15) is 18.0 Å². The van der Waals surface area contributed by atoms with Gasteiger partial charge in [-0.05, 0) is 37.5 Å². The van der Waals surface area contributed by atoms with E-state index < -0.39 is 12.1 Å². The van der Waals surface area contributed by atoms with E-state index in [4.69, 9.17) is 0 Å². The molecule has 1 aliphatic heterocycles. The number of aromatic nitrogens is 3. The number of likely N-dealkylation sites (tertiary alicyclic amines) is 1. The van der Waals surface area contributed by atoms with Crippen molar-refractivity contribution in [2.24, 2.45) is 0 Å². The summed E-state index contributed by atoms with van der Waals surface area (Å²) in [6.45, 7) is 2.76. The van der Waals surface area contributed by atoms with Gasteiger partial charge < -0.3 is 14.4 Å². The summed E-state index contributed by atoms with van der Waals surface area (Å²) in [6.07, 6.45) is -3.41. The fourth-order valence-electron chi connectivity index (χ4n) is 3.41. The quantitative estimate of drug-likeness (QED) is 0.734. The van der Waals surface area contributed by atoms with Gasteiger partial charge in [0.05, 0.1) is 0 Å². The molecule has 3 aromatic rings. The van der Waals surface area contributed by atoms with Crippen molar-refractivity contribution in [2.45, 2.75) is 31.9 Å². The van der Waals surface area contributed by atoms with Gasteiger partial charge >= 0.3 is 12.1 Å². The molecule has 1 saturated heterocycles. The average molecular weight is 378 g/mol. The lowest BCUT2D eigenvalue weighted by molar-refractivity contribution is -0.159. The minimum absolute atomic E-state index is 0.00732. The van der Waals surface area contributed by atoms with Crippen LogP contribution < -0.4 is 0 Å². The second kappa shape index (κ2) is 6.40. The Balaban J connectivity index is 1.53. The van der Waals surface area contributed by atoms with Crippen molar-refractivity contribution in [3.63, 3.8) is 0 Å². The van der Waals surface area contributed by atoms with Crippen molar-refractivity contribution in [3.8, 4) is 0 Å². The van der Waals surface area contributed by atoms with Crippen LogP contribution in [0.2, 0.25) is 0 Å². The molecule has 0 bridgehead atoms. The van der Waals surface area contributed by atoms with Gasteiger partial charge in [-0.1, -0.05) is 17.3 Å². The highest BCUT2D eigenvalue weighted by Gasteiger charge is 2.39. The van der Waals surface area contributed by atoms with Gasteiger partial charge in [0.25, 0.3) is 5.91 Å². The van der Waals surface area contributed by atoms with Crippen LogP contribution >= 0.6 is 0 Å². The molecule has 142 valence electrons. The number of carbonyl (C=O) groups is 1. The van der Waals surface area contributed by atoms with Crippen LogP contribution in [0.15, 0.2) is 28.8 Å². The summed E-state index contributed by atoms with van der Waals surface area (Å²) in [5, 5.41) is 4.40. The third-order valence-electron chi connectivity index (χ3n) is 4.77. The van der Waals surface area contributed by atoms with Gasteiger partial charge in [0, 0.05) is 29.9 Å². The fraction of sp³-hybridized carbons (Fsp3) is 0.389. The number of benzene rings is 1. The summed E-state index contributed by atoms with van der Waals surface area (Å²) >= 11 is 0. The number of amides is 1. The van der Waals surface area contributed by atoms with Crippen LogP contribution in [0.25, 0.3) is 10.9 Å². The predicted octanol–water partition coefficient (Wildman–Crippen LogP) is 3.90. The van der Waals surface area contributed by atoms with Crippen molar-refractivity contribution in [3.05, 3.63) is 47.2 Å². The van der Waals surface area contributed by atoms with Gasteiger partial charge in [-0.3, -0.25) is 4.79 Å². The first-order chi connectivity index (χ1) is 12.8. The molecule has 3 heterocycles. The minimum atomic E-state index is -4.67. The predicted molar refractivity (Wildman–Crippen MR) is 90.2 cm³/mol. The molecule has 0 radical (unpaired) electrons. The summed E-state index contributed by atoms with van der Waals surface area (Å²) in [7, 11) is 0. The molecule has 1 aromatic carbocycles. The van der Waals surface area contributed by atoms with E-state index >= 15 is 0 Å². The third kappa shape index (κ3) is 3.41. The monoisotopic (exact) mass is 378 g/mol. The van der Waals surface area contributed by atoms with E-state index in [1.165, 1.54) is 0 Å². The molecule has 9 heteroatoms. The molecule has 1 unspecified atom stereocenters. The van der Waals surface area contributed by atoms with Gasteiger partial charge in [0.1, 0.15) is 5.69 Å². The fourth-order valence-corrected chi connectivity index (χ4v) is 3.41. The van der Waals surface area contributed by atoms with Crippen LogP contribution in [0, 0.1) is 6.92 Å². The lowest BCUT2D eigenvalue weighted by Gasteiger charge is -2.30. The second-order valence-corrected chi connectivity index (χ2v) is 6.82. The molecule has 2 aromatic heterocycles. The molecular formula is C18H17F3N4O2. The first-order valence-electron chi connectivity index (χ1n) is 8.61. The molecule has 1 amide bonds. The molecule has 1 atom stereocenters. The average Bonchev–Trinajstić information content (AvgIpc) is 3.27. The summed E-state index contributed by atoms with van der Waals surface area (Å²) in [5.74, 6) is -1.93. The Kier molecular flexibility index (Phi) is 4.16. The van der Waals surface area contributed by atoms with Gasteiger partial charge in [0.15, 0.2) is 5.82 Å². The number of nitrogens with one attached hydrogen (secondary N) is 1. The Bertz CT molecular complexity index is 992. The number of aryl methyl sites for hydroxylation is 1. The Labute approximate surface area is 152 Å². The molecule has 1 aliphatic rings. The molecule has 1 fully saturated rings. The van der Waals surface area contributed by atoms with Crippen LogP contribution in [0.1, 0.15) is 46.5 Å². The summed E-state index contributed by atoms with van der Waals surface area (Å²) < 4.78 is 42.3. The number of aromatic amines is 1. The number of alkyl halides is 3. The van der Waals surface area contributed by atoms with E-state index in [1.54, 1.807) is 11.0 Å². The maximum Gasteiger partial charge on any atom is 0.471 e. The van der Waals surface area contributed by atoms with Gasteiger partial charge in [0.2, 0.25) is 0 Å². The molecule has 6 nitrogen and oxygen atoms in total. The van der Waals surface area contributed by atoms with E-state index in [0.717, 1.165) is 16.5 Å². The Hall–Kier alpha value is -2.84.